The van der Waals surface area contributed by atoms with Crippen molar-refractivity contribution < 1.29 is 4.79 Å². The van der Waals surface area contributed by atoms with E-state index in [4.69, 9.17) is 0 Å². The minimum atomic E-state index is 0.0413. The van der Waals surface area contributed by atoms with Crippen molar-refractivity contribution >= 4 is 17.7 Å². The van der Waals surface area contributed by atoms with Crippen LogP contribution in [0.3, 0.4) is 0 Å². The fraction of sp³-hybridized carbons (Fsp3) is 0.786. The average Bonchev–Trinajstić information content (AvgIpc) is 3.12. The second kappa shape index (κ2) is 8.38. The third kappa shape index (κ3) is 4.44. The molecule has 1 amide bonds. The normalized spacial score (nSPS) is 15.5. The van der Waals surface area contributed by atoms with Crippen molar-refractivity contribution in [3.8, 4) is 0 Å². The number of aryl methyl sites for hydroxylation is 1. The zero-order valence-corrected chi connectivity index (χ0v) is 13.7. The van der Waals surface area contributed by atoms with E-state index in [0.717, 1.165) is 23.8 Å². The molecule has 1 saturated carbocycles. The van der Waals surface area contributed by atoms with Crippen LogP contribution in [0.2, 0.25) is 0 Å². The summed E-state index contributed by atoms with van der Waals surface area (Å²) in [6, 6.07) is 0.566. The molecule has 1 aliphatic carbocycles. The Balaban J connectivity index is 1.88. The Morgan fingerprint density at radius 2 is 2.14 bits per heavy atom. The monoisotopic (exact) mass is 311 g/mol. The number of hydrogen-bond donors (Lipinski definition) is 2. The summed E-state index contributed by atoms with van der Waals surface area (Å²) in [7, 11) is 1.77. The van der Waals surface area contributed by atoms with E-state index in [2.05, 4.69) is 31.7 Å². The summed E-state index contributed by atoms with van der Waals surface area (Å²) < 4.78 is 2.33. The molecule has 0 saturated heterocycles. The lowest BCUT2D eigenvalue weighted by Gasteiger charge is -2.16. The van der Waals surface area contributed by atoms with Gasteiger partial charge in [0, 0.05) is 19.0 Å². The molecule has 0 unspecified atom stereocenters. The molecule has 0 aromatic carbocycles. The van der Waals surface area contributed by atoms with Crippen molar-refractivity contribution in [2.45, 2.75) is 49.7 Å². The summed E-state index contributed by atoms with van der Waals surface area (Å²) in [5.74, 6) is 1.11. The zero-order valence-electron chi connectivity index (χ0n) is 12.9. The van der Waals surface area contributed by atoms with Crippen LogP contribution in [0.25, 0.3) is 0 Å². The Hall–Kier alpha value is -1.08. The Labute approximate surface area is 130 Å². The van der Waals surface area contributed by atoms with E-state index < -0.39 is 0 Å². The molecule has 6 nitrogen and oxygen atoms in total. The van der Waals surface area contributed by atoms with Crippen LogP contribution in [0, 0.1) is 0 Å². The fourth-order valence-corrected chi connectivity index (χ4v) is 3.42. The number of amides is 1. The fourth-order valence-electron chi connectivity index (χ4n) is 2.84. The van der Waals surface area contributed by atoms with Gasteiger partial charge in [0.05, 0.1) is 6.54 Å². The first-order valence-electron chi connectivity index (χ1n) is 7.65. The van der Waals surface area contributed by atoms with Crippen LogP contribution >= 0.6 is 11.8 Å². The summed E-state index contributed by atoms with van der Waals surface area (Å²) >= 11 is 1.67. The van der Waals surface area contributed by atoms with Gasteiger partial charge >= 0.3 is 0 Å². The molecule has 7 heteroatoms. The lowest BCUT2D eigenvalue weighted by Crippen LogP contribution is -2.32. The first-order chi connectivity index (χ1) is 10.3. The number of aromatic nitrogens is 3. The highest BCUT2D eigenvalue weighted by Gasteiger charge is 2.23. The van der Waals surface area contributed by atoms with Crippen molar-refractivity contribution in [2.75, 3.05) is 26.4 Å². The van der Waals surface area contributed by atoms with Crippen molar-refractivity contribution in [1.29, 1.82) is 0 Å². The predicted octanol–water partition coefficient (Wildman–Crippen LogP) is 1.38. The molecule has 1 aromatic rings. The van der Waals surface area contributed by atoms with E-state index in [1.165, 1.54) is 25.7 Å². The van der Waals surface area contributed by atoms with Gasteiger partial charge in [-0.05, 0) is 32.6 Å². The topological polar surface area (TPSA) is 71.8 Å². The first kappa shape index (κ1) is 16.3. The molecule has 1 aromatic heterocycles. The molecule has 0 aliphatic heterocycles. The molecule has 0 spiro atoms. The second-order valence-corrected chi connectivity index (χ2v) is 6.17. The van der Waals surface area contributed by atoms with Crippen molar-refractivity contribution in [3.63, 3.8) is 0 Å². The summed E-state index contributed by atoms with van der Waals surface area (Å²) in [5.41, 5.74) is 0. The quantitative estimate of drug-likeness (QED) is 0.561. The van der Waals surface area contributed by atoms with Gasteiger partial charge in [-0.3, -0.25) is 4.79 Å². The van der Waals surface area contributed by atoms with Crippen molar-refractivity contribution in [3.05, 3.63) is 5.82 Å². The van der Waals surface area contributed by atoms with Crippen LogP contribution in [-0.2, 0) is 11.2 Å². The third-order valence-corrected chi connectivity index (χ3v) is 4.49. The highest BCUT2D eigenvalue weighted by Crippen LogP contribution is 2.33. The Kier molecular flexibility index (Phi) is 6.50. The Morgan fingerprint density at radius 3 is 2.81 bits per heavy atom. The zero-order chi connectivity index (χ0) is 15.1. The minimum absolute atomic E-state index is 0.0413. The largest absolute Gasteiger partial charge is 0.355 e. The van der Waals surface area contributed by atoms with E-state index >= 15 is 0 Å². The highest BCUT2D eigenvalue weighted by molar-refractivity contribution is 7.98. The lowest BCUT2D eigenvalue weighted by molar-refractivity contribution is -0.120. The Bertz CT molecular complexity index is 456. The van der Waals surface area contributed by atoms with E-state index in [0.29, 0.717) is 19.1 Å². The highest BCUT2D eigenvalue weighted by atomic mass is 32.2. The SMILES string of the molecule is CNCC(=O)NCCCc1nnc(SC)n1C1CCCC1. The second-order valence-electron chi connectivity index (χ2n) is 5.40. The van der Waals surface area contributed by atoms with Gasteiger partial charge < -0.3 is 15.2 Å². The number of rotatable bonds is 8. The van der Waals surface area contributed by atoms with Crippen molar-refractivity contribution in [1.82, 2.24) is 25.4 Å². The maximum absolute atomic E-state index is 11.4. The third-order valence-electron chi connectivity index (χ3n) is 3.84. The maximum atomic E-state index is 11.4. The van der Waals surface area contributed by atoms with Crippen LogP contribution in [0.1, 0.15) is 44.0 Å². The summed E-state index contributed by atoms with van der Waals surface area (Å²) in [4.78, 5) is 11.4. The molecule has 2 N–H and O–H groups in total. The maximum Gasteiger partial charge on any atom is 0.233 e. The van der Waals surface area contributed by atoms with Gasteiger partial charge in [0.2, 0.25) is 5.91 Å². The summed E-state index contributed by atoms with van der Waals surface area (Å²) in [5, 5.41) is 15.4. The smallest absolute Gasteiger partial charge is 0.233 e. The van der Waals surface area contributed by atoms with Gasteiger partial charge in [0.25, 0.3) is 0 Å². The Morgan fingerprint density at radius 1 is 1.38 bits per heavy atom. The number of thioether (sulfide) groups is 1. The van der Waals surface area contributed by atoms with Gasteiger partial charge in [0.1, 0.15) is 5.82 Å². The molecule has 0 bridgehead atoms. The molecule has 1 heterocycles. The van der Waals surface area contributed by atoms with E-state index in [-0.39, 0.29) is 5.91 Å². The molecule has 21 heavy (non-hydrogen) atoms. The van der Waals surface area contributed by atoms with Crippen LogP contribution < -0.4 is 10.6 Å². The van der Waals surface area contributed by atoms with Gasteiger partial charge in [-0.2, -0.15) is 0 Å². The predicted molar refractivity (Wildman–Crippen MR) is 84.6 cm³/mol. The lowest BCUT2D eigenvalue weighted by atomic mass is 10.2. The number of carbonyl (C=O) groups is 1. The molecular weight excluding hydrogens is 286 g/mol. The molecule has 1 aliphatic rings. The molecule has 2 rings (SSSR count). The van der Waals surface area contributed by atoms with Crippen LogP contribution in [0.15, 0.2) is 5.16 Å². The minimum Gasteiger partial charge on any atom is -0.355 e. The van der Waals surface area contributed by atoms with Crippen LogP contribution in [-0.4, -0.2) is 47.1 Å². The molecule has 118 valence electrons. The van der Waals surface area contributed by atoms with Gasteiger partial charge in [-0.15, -0.1) is 10.2 Å². The van der Waals surface area contributed by atoms with Crippen molar-refractivity contribution in [2.24, 2.45) is 0 Å². The van der Waals surface area contributed by atoms with Gasteiger partial charge in [-0.25, -0.2) is 0 Å². The number of nitrogens with zero attached hydrogens (tertiary/aromatic N) is 3. The van der Waals surface area contributed by atoms with Gasteiger partial charge in [0.15, 0.2) is 5.16 Å². The van der Waals surface area contributed by atoms with E-state index in [9.17, 15) is 4.79 Å². The van der Waals surface area contributed by atoms with Gasteiger partial charge in [-0.1, -0.05) is 24.6 Å². The standard InChI is InChI=1S/C14H25N5OS/c1-15-10-13(20)16-9-5-8-12-17-18-14(21-2)19(12)11-6-3-4-7-11/h11,15H,3-10H2,1-2H3,(H,16,20). The summed E-state index contributed by atoms with van der Waals surface area (Å²) in [6.45, 7) is 1.06. The molecule has 1 fully saturated rings. The molecule has 0 atom stereocenters. The van der Waals surface area contributed by atoms with E-state index in [1.54, 1.807) is 18.8 Å². The molecular formula is C14H25N5OS. The van der Waals surface area contributed by atoms with Crippen LogP contribution in [0.4, 0.5) is 0 Å². The first-order valence-corrected chi connectivity index (χ1v) is 8.87. The number of carbonyl (C=O) groups excluding carboxylic acids is 1. The molecule has 0 radical (unpaired) electrons. The average molecular weight is 311 g/mol. The van der Waals surface area contributed by atoms with E-state index in [1.807, 2.05) is 0 Å². The van der Waals surface area contributed by atoms with Crippen LogP contribution in [0.5, 0.6) is 0 Å². The summed E-state index contributed by atoms with van der Waals surface area (Å²) in [6.07, 6.45) is 8.89. The number of hydrogen-bond acceptors (Lipinski definition) is 5. The number of likely N-dealkylation sites (N-methyl/N-ethyl adjacent to an activating group) is 1. The number of nitrogens with one attached hydrogen (secondary N) is 2.